The summed E-state index contributed by atoms with van der Waals surface area (Å²) < 4.78 is 5.42. The molecule has 3 heteroatoms. The van der Waals surface area contributed by atoms with Crippen molar-refractivity contribution in [2.75, 3.05) is 7.11 Å². The van der Waals surface area contributed by atoms with E-state index in [9.17, 15) is 5.11 Å². The molecule has 19 heavy (non-hydrogen) atoms. The molecular formula is C16H27NO2. The van der Waals surface area contributed by atoms with Crippen molar-refractivity contribution in [1.82, 2.24) is 5.32 Å². The summed E-state index contributed by atoms with van der Waals surface area (Å²) in [6.07, 6.45) is -0.571. The fourth-order valence-corrected chi connectivity index (χ4v) is 2.22. The van der Waals surface area contributed by atoms with Gasteiger partial charge in [-0.15, -0.1) is 0 Å². The number of aliphatic hydroxyl groups excluding tert-OH is 1. The maximum atomic E-state index is 10.4. The molecule has 3 nitrogen and oxygen atoms in total. The van der Waals surface area contributed by atoms with Crippen LogP contribution in [0.2, 0.25) is 0 Å². The van der Waals surface area contributed by atoms with Crippen LogP contribution in [0.25, 0.3) is 0 Å². The quantitative estimate of drug-likeness (QED) is 0.829. The van der Waals surface area contributed by atoms with E-state index in [2.05, 4.69) is 39.1 Å². The molecule has 0 spiro atoms. The van der Waals surface area contributed by atoms with E-state index in [-0.39, 0.29) is 6.04 Å². The Hall–Kier alpha value is -1.06. The van der Waals surface area contributed by atoms with Gasteiger partial charge in [-0.2, -0.15) is 0 Å². The molecule has 1 rings (SSSR count). The summed E-state index contributed by atoms with van der Waals surface area (Å²) in [5.74, 6) is 1.21. The van der Waals surface area contributed by atoms with E-state index >= 15 is 0 Å². The highest BCUT2D eigenvalue weighted by molar-refractivity contribution is 5.40. The van der Waals surface area contributed by atoms with Crippen molar-refractivity contribution in [2.24, 2.45) is 0 Å². The first-order chi connectivity index (χ1) is 8.86. The lowest BCUT2D eigenvalue weighted by Gasteiger charge is -2.24. The molecule has 0 fully saturated rings. The molecule has 0 radical (unpaired) electrons. The lowest BCUT2D eigenvalue weighted by molar-refractivity contribution is 0.128. The summed E-state index contributed by atoms with van der Waals surface area (Å²) in [6.45, 7) is 10.4. The van der Waals surface area contributed by atoms with Crippen LogP contribution in [0.4, 0.5) is 0 Å². The molecule has 2 atom stereocenters. The number of nitrogens with one attached hydrogen (secondary N) is 1. The Kier molecular flexibility index (Phi) is 5.83. The van der Waals surface area contributed by atoms with Gasteiger partial charge in [0.15, 0.2) is 0 Å². The first kappa shape index (κ1) is 16.0. The topological polar surface area (TPSA) is 41.5 Å². The molecule has 0 amide bonds. The molecule has 0 aromatic heterocycles. The van der Waals surface area contributed by atoms with Crippen molar-refractivity contribution in [3.63, 3.8) is 0 Å². The third-order valence-corrected chi connectivity index (χ3v) is 3.31. The van der Waals surface area contributed by atoms with Crippen molar-refractivity contribution in [3.8, 4) is 5.75 Å². The molecule has 2 N–H and O–H groups in total. The van der Waals surface area contributed by atoms with E-state index in [0.717, 1.165) is 11.3 Å². The fourth-order valence-electron chi connectivity index (χ4n) is 2.22. The van der Waals surface area contributed by atoms with Crippen LogP contribution < -0.4 is 10.1 Å². The molecule has 108 valence electrons. The van der Waals surface area contributed by atoms with Crippen molar-refractivity contribution in [1.29, 1.82) is 0 Å². The third kappa shape index (κ3) is 4.22. The van der Waals surface area contributed by atoms with Gasteiger partial charge in [-0.3, -0.25) is 0 Å². The monoisotopic (exact) mass is 265 g/mol. The highest BCUT2D eigenvalue weighted by atomic mass is 16.5. The zero-order chi connectivity index (χ0) is 14.6. The highest BCUT2D eigenvalue weighted by Crippen LogP contribution is 2.30. The average Bonchev–Trinajstić information content (AvgIpc) is 2.36. The molecule has 0 aliphatic carbocycles. The first-order valence-corrected chi connectivity index (χ1v) is 6.98. The number of aliphatic hydroxyl groups is 1. The minimum absolute atomic E-state index is 0.0150. The summed E-state index contributed by atoms with van der Waals surface area (Å²) in [6, 6.07) is 6.38. The van der Waals surface area contributed by atoms with Crippen molar-refractivity contribution in [2.45, 2.75) is 58.7 Å². The van der Waals surface area contributed by atoms with Gasteiger partial charge in [-0.1, -0.05) is 39.8 Å². The van der Waals surface area contributed by atoms with Gasteiger partial charge in [0.2, 0.25) is 0 Å². The molecule has 0 aliphatic heterocycles. The standard InChI is InChI=1S/C16H27NO2/c1-10(2)13-7-8-14(15(9-13)19-6)16(18)12(5)17-11(3)4/h7-12,16-18H,1-6H3. The summed E-state index contributed by atoms with van der Waals surface area (Å²) in [4.78, 5) is 0. The fraction of sp³-hybridized carbons (Fsp3) is 0.625. The van der Waals surface area contributed by atoms with Crippen LogP contribution in [0.1, 0.15) is 57.8 Å². The average molecular weight is 265 g/mol. The maximum Gasteiger partial charge on any atom is 0.125 e. The van der Waals surface area contributed by atoms with E-state index in [1.165, 1.54) is 5.56 Å². The zero-order valence-corrected chi connectivity index (χ0v) is 12.9. The lowest BCUT2D eigenvalue weighted by Crippen LogP contribution is -2.37. The Morgan fingerprint density at radius 3 is 2.21 bits per heavy atom. The van der Waals surface area contributed by atoms with E-state index < -0.39 is 6.10 Å². The molecular weight excluding hydrogens is 238 g/mol. The Balaban J connectivity index is 2.99. The summed E-state index contributed by atoms with van der Waals surface area (Å²) in [5.41, 5.74) is 2.06. The first-order valence-electron chi connectivity index (χ1n) is 6.98. The zero-order valence-electron chi connectivity index (χ0n) is 12.9. The van der Waals surface area contributed by atoms with Gasteiger partial charge < -0.3 is 15.2 Å². The Morgan fingerprint density at radius 1 is 1.11 bits per heavy atom. The number of hydrogen-bond acceptors (Lipinski definition) is 3. The molecule has 0 saturated carbocycles. The van der Waals surface area contributed by atoms with Crippen LogP contribution in [0.5, 0.6) is 5.75 Å². The van der Waals surface area contributed by atoms with E-state index in [4.69, 9.17) is 4.74 Å². The number of methoxy groups -OCH3 is 1. The van der Waals surface area contributed by atoms with Crippen LogP contribution in [-0.2, 0) is 0 Å². The SMILES string of the molecule is COc1cc(C(C)C)ccc1C(O)C(C)NC(C)C. The van der Waals surface area contributed by atoms with E-state index in [1.54, 1.807) is 7.11 Å². The van der Waals surface area contributed by atoms with Crippen molar-refractivity contribution in [3.05, 3.63) is 29.3 Å². The molecule has 0 saturated heterocycles. The predicted octanol–water partition coefficient (Wildman–Crippen LogP) is 3.24. The van der Waals surface area contributed by atoms with Crippen LogP contribution in [0, 0.1) is 0 Å². The highest BCUT2D eigenvalue weighted by Gasteiger charge is 2.21. The van der Waals surface area contributed by atoms with Crippen LogP contribution in [-0.4, -0.2) is 24.3 Å². The van der Waals surface area contributed by atoms with Gasteiger partial charge in [0.25, 0.3) is 0 Å². The minimum atomic E-state index is -0.571. The van der Waals surface area contributed by atoms with Crippen molar-refractivity contribution < 1.29 is 9.84 Å². The number of hydrogen-bond donors (Lipinski definition) is 2. The van der Waals surface area contributed by atoms with Gasteiger partial charge >= 0.3 is 0 Å². The van der Waals surface area contributed by atoms with Crippen LogP contribution in [0.15, 0.2) is 18.2 Å². The van der Waals surface area contributed by atoms with Crippen LogP contribution in [0.3, 0.4) is 0 Å². The summed E-state index contributed by atoms with van der Waals surface area (Å²) >= 11 is 0. The second kappa shape index (κ2) is 6.92. The van der Waals surface area contributed by atoms with Crippen molar-refractivity contribution >= 4 is 0 Å². The molecule has 2 unspecified atom stereocenters. The second-order valence-electron chi connectivity index (χ2n) is 5.71. The van der Waals surface area contributed by atoms with Gasteiger partial charge in [0.05, 0.1) is 13.2 Å². The number of benzene rings is 1. The molecule has 0 heterocycles. The molecule has 1 aromatic rings. The lowest BCUT2D eigenvalue weighted by atomic mass is 9.96. The normalized spacial score (nSPS) is 14.8. The Morgan fingerprint density at radius 2 is 1.74 bits per heavy atom. The van der Waals surface area contributed by atoms with E-state index in [0.29, 0.717) is 12.0 Å². The second-order valence-corrected chi connectivity index (χ2v) is 5.71. The molecule has 0 bridgehead atoms. The van der Waals surface area contributed by atoms with Gasteiger partial charge in [0, 0.05) is 17.6 Å². The van der Waals surface area contributed by atoms with Gasteiger partial charge in [-0.25, -0.2) is 0 Å². The van der Waals surface area contributed by atoms with Gasteiger partial charge in [0.1, 0.15) is 5.75 Å². The predicted molar refractivity (Wildman–Crippen MR) is 79.8 cm³/mol. The Labute approximate surface area is 117 Å². The largest absolute Gasteiger partial charge is 0.496 e. The molecule has 1 aromatic carbocycles. The summed E-state index contributed by atoms with van der Waals surface area (Å²) in [7, 11) is 1.65. The number of ether oxygens (including phenoxy) is 1. The van der Waals surface area contributed by atoms with Gasteiger partial charge in [-0.05, 0) is 24.5 Å². The smallest absolute Gasteiger partial charge is 0.125 e. The van der Waals surface area contributed by atoms with Crippen LogP contribution >= 0.6 is 0 Å². The molecule has 0 aliphatic rings. The van der Waals surface area contributed by atoms with E-state index in [1.807, 2.05) is 19.1 Å². The minimum Gasteiger partial charge on any atom is -0.496 e. The summed E-state index contributed by atoms with van der Waals surface area (Å²) in [5, 5.41) is 13.8. The maximum absolute atomic E-state index is 10.4. The Bertz CT molecular complexity index is 402. The third-order valence-electron chi connectivity index (χ3n) is 3.31. The number of rotatable bonds is 6.